The van der Waals surface area contributed by atoms with Crippen LogP contribution in [-0.2, 0) is 9.53 Å². The Labute approximate surface area is 165 Å². The van der Waals surface area contributed by atoms with Gasteiger partial charge in [0.1, 0.15) is 11.5 Å². The van der Waals surface area contributed by atoms with Crippen molar-refractivity contribution in [3.8, 4) is 11.3 Å². The molecule has 0 N–H and O–H groups in total. The normalized spacial score (nSPS) is 15.1. The largest absolute Gasteiger partial charge is 0.457 e. The van der Waals surface area contributed by atoms with Crippen LogP contribution < -0.4 is 0 Å². The minimum atomic E-state index is -0.540. The summed E-state index contributed by atoms with van der Waals surface area (Å²) >= 11 is 12.1. The third kappa shape index (κ3) is 3.68. The number of esters is 1. The maximum absolute atomic E-state index is 12.1. The van der Waals surface area contributed by atoms with Crippen LogP contribution in [0.3, 0.4) is 0 Å². The van der Waals surface area contributed by atoms with Gasteiger partial charge >= 0.3 is 5.97 Å². The van der Waals surface area contributed by atoms with Crippen LogP contribution in [-0.4, -0.2) is 11.9 Å². The van der Waals surface area contributed by atoms with Crippen LogP contribution in [0.2, 0.25) is 10.0 Å². The Morgan fingerprint density at radius 3 is 2.63 bits per heavy atom. The van der Waals surface area contributed by atoms with E-state index < -0.39 is 5.97 Å². The SMILES string of the molecule is Cc1ccc(-c2ccc(/C=C3/N=C(c4cccc(Cl)c4)OC3=O)o2)cc1Cl. The molecule has 134 valence electrons. The number of benzene rings is 2. The second-order valence-electron chi connectivity index (χ2n) is 6.01. The van der Waals surface area contributed by atoms with Gasteiger partial charge in [-0.25, -0.2) is 9.79 Å². The number of aryl methyl sites for hydroxylation is 1. The Morgan fingerprint density at radius 2 is 1.85 bits per heavy atom. The van der Waals surface area contributed by atoms with Crippen LogP contribution in [0.5, 0.6) is 0 Å². The summed E-state index contributed by atoms with van der Waals surface area (Å²) in [6.45, 7) is 1.94. The Kier molecular flexibility index (Phi) is 4.60. The van der Waals surface area contributed by atoms with E-state index in [0.29, 0.717) is 27.1 Å². The maximum Gasteiger partial charge on any atom is 0.363 e. The van der Waals surface area contributed by atoms with Crippen molar-refractivity contribution in [1.82, 2.24) is 0 Å². The topological polar surface area (TPSA) is 51.8 Å². The zero-order valence-corrected chi connectivity index (χ0v) is 15.7. The zero-order valence-electron chi connectivity index (χ0n) is 14.2. The molecule has 0 aliphatic carbocycles. The second-order valence-corrected chi connectivity index (χ2v) is 6.86. The van der Waals surface area contributed by atoms with Crippen LogP contribution in [0.4, 0.5) is 0 Å². The van der Waals surface area contributed by atoms with E-state index in [1.807, 2.05) is 31.2 Å². The van der Waals surface area contributed by atoms with Gasteiger partial charge < -0.3 is 9.15 Å². The lowest BCUT2D eigenvalue weighted by atomic mass is 10.1. The summed E-state index contributed by atoms with van der Waals surface area (Å²) in [4.78, 5) is 16.4. The number of carbonyl (C=O) groups is 1. The molecule has 4 rings (SSSR count). The molecule has 0 fully saturated rings. The van der Waals surface area contributed by atoms with Crippen LogP contribution in [0, 0.1) is 6.92 Å². The van der Waals surface area contributed by atoms with Crippen molar-refractivity contribution in [2.24, 2.45) is 4.99 Å². The number of halogens is 2. The van der Waals surface area contributed by atoms with Gasteiger partial charge in [0.15, 0.2) is 5.70 Å². The van der Waals surface area contributed by atoms with Gasteiger partial charge in [0, 0.05) is 27.2 Å². The van der Waals surface area contributed by atoms with Crippen molar-refractivity contribution < 1.29 is 13.9 Å². The first kappa shape index (κ1) is 17.6. The number of carbonyl (C=O) groups excluding carboxylic acids is 1. The van der Waals surface area contributed by atoms with Crippen molar-refractivity contribution >= 4 is 41.1 Å². The number of aliphatic imine (C=N–C) groups is 1. The Balaban J connectivity index is 1.63. The number of hydrogen-bond donors (Lipinski definition) is 0. The molecule has 6 heteroatoms. The van der Waals surface area contributed by atoms with Crippen LogP contribution >= 0.6 is 23.2 Å². The summed E-state index contributed by atoms with van der Waals surface area (Å²) in [6, 6.07) is 16.2. The smallest absolute Gasteiger partial charge is 0.363 e. The van der Waals surface area contributed by atoms with E-state index in [2.05, 4.69) is 4.99 Å². The van der Waals surface area contributed by atoms with Crippen molar-refractivity contribution in [3.05, 3.63) is 87.2 Å². The zero-order chi connectivity index (χ0) is 19.0. The highest BCUT2D eigenvalue weighted by Gasteiger charge is 2.24. The summed E-state index contributed by atoms with van der Waals surface area (Å²) in [5, 5.41) is 1.20. The Morgan fingerprint density at radius 1 is 1.00 bits per heavy atom. The maximum atomic E-state index is 12.1. The first-order valence-electron chi connectivity index (χ1n) is 8.14. The summed E-state index contributed by atoms with van der Waals surface area (Å²) in [5.41, 5.74) is 2.64. The molecule has 2 aromatic carbocycles. The highest BCUT2D eigenvalue weighted by Crippen LogP contribution is 2.28. The van der Waals surface area contributed by atoms with Crippen LogP contribution in [0.15, 0.2) is 69.7 Å². The van der Waals surface area contributed by atoms with Crippen LogP contribution in [0.1, 0.15) is 16.9 Å². The third-order valence-electron chi connectivity index (χ3n) is 4.05. The number of rotatable bonds is 3. The van der Waals surface area contributed by atoms with Crippen molar-refractivity contribution in [1.29, 1.82) is 0 Å². The highest BCUT2D eigenvalue weighted by molar-refractivity contribution is 6.31. The third-order valence-corrected chi connectivity index (χ3v) is 4.70. The highest BCUT2D eigenvalue weighted by atomic mass is 35.5. The number of cyclic esters (lactones) is 1. The van der Waals surface area contributed by atoms with Gasteiger partial charge in [0.05, 0.1) is 0 Å². The van der Waals surface area contributed by atoms with Gasteiger partial charge in [0.2, 0.25) is 5.90 Å². The van der Waals surface area contributed by atoms with E-state index in [1.54, 1.807) is 36.4 Å². The molecule has 0 atom stereocenters. The van der Waals surface area contributed by atoms with E-state index in [-0.39, 0.29) is 11.6 Å². The standard InChI is InChI=1S/C21H13Cl2NO3/c1-12-5-6-13(10-17(12)23)19-8-7-16(26-19)11-18-21(25)27-20(24-18)14-3-2-4-15(22)9-14/h2-11H,1H3/b18-11+. The van der Waals surface area contributed by atoms with E-state index >= 15 is 0 Å². The van der Waals surface area contributed by atoms with Gasteiger partial charge in [-0.05, 0) is 48.9 Å². The number of nitrogens with zero attached hydrogens (tertiary/aromatic N) is 1. The van der Waals surface area contributed by atoms with E-state index in [9.17, 15) is 4.79 Å². The molecule has 0 saturated heterocycles. The average molecular weight is 398 g/mol. The van der Waals surface area contributed by atoms with E-state index in [0.717, 1.165) is 11.1 Å². The monoisotopic (exact) mass is 397 g/mol. The van der Waals surface area contributed by atoms with Crippen molar-refractivity contribution in [2.75, 3.05) is 0 Å². The van der Waals surface area contributed by atoms with Gasteiger partial charge in [0.25, 0.3) is 0 Å². The lowest BCUT2D eigenvalue weighted by molar-refractivity contribution is -0.129. The van der Waals surface area contributed by atoms with E-state index in [4.69, 9.17) is 32.4 Å². The number of hydrogen-bond acceptors (Lipinski definition) is 4. The molecular weight excluding hydrogens is 385 g/mol. The van der Waals surface area contributed by atoms with Crippen molar-refractivity contribution in [3.63, 3.8) is 0 Å². The van der Waals surface area contributed by atoms with Gasteiger partial charge in [-0.3, -0.25) is 0 Å². The number of ether oxygens (including phenoxy) is 1. The molecule has 1 aromatic heterocycles. The Bertz CT molecular complexity index is 1110. The lowest BCUT2D eigenvalue weighted by Crippen LogP contribution is -2.05. The molecule has 4 nitrogen and oxygen atoms in total. The summed E-state index contributed by atoms with van der Waals surface area (Å²) in [6.07, 6.45) is 1.54. The molecule has 1 aliphatic rings. The molecule has 0 spiro atoms. The molecule has 2 heterocycles. The summed E-state index contributed by atoms with van der Waals surface area (Å²) in [5.74, 6) is 0.811. The molecule has 0 saturated carbocycles. The fourth-order valence-electron chi connectivity index (χ4n) is 2.62. The predicted octanol–water partition coefficient (Wildman–Crippen LogP) is 5.91. The van der Waals surface area contributed by atoms with E-state index in [1.165, 1.54) is 0 Å². The van der Waals surface area contributed by atoms with Gasteiger partial charge in [-0.2, -0.15) is 0 Å². The Hall–Kier alpha value is -2.82. The molecule has 0 bridgehead atoms. The molecule has 0 amide bonds. The second kappa shape index (κ2) is 7.06. The van der Waals surface area contributed by atoms with Crippen molar-refractivity contribution in [2.45, 2.75) is 6.92 Å². The molecular formula is C21H13Cl2NO3. The minimum Gasteiger partial charge on any atom is -0.457 e. The predicted molar refractivity (Wildman–Crippen MR) is 106 cm³/mol. The fourth-order valence-corrected chi connectivity index (χ4v) is 2.99. The van der Waals surface area contributed by atoms with Crippen LogP contribution in [0.25, 0.3) is 17.4 Å². The number of furan rings is 1. The van der Waals surface area contributed by atoms with Gasteiger partial charge in [-0.15, -0.1) is 0 Å². The molecule has 0 radical (unpaired) electrons. The molecule has 0 unspecified atom stereocenters. The first-order chi connectivity index (χ1) is 13.0. The molecule has 3 aromatic rings. The quantitative estimate of drug-likeness (QED) is 0.407. The summed E-state index contributed by atoms with van der Waals surface area (Å²) in [7, 11) is 0. The fraction of sp³-hybridized carbons (Fsp3) is 0.0476. The molecule has 1 aliphatic heterocycles. The summed E-state index contributed by atoms with van der Waals surface area (Å²) < 4.78 is 11.0. The minimum absolute atomic E-state index is 0.160. The lowest BCUT2D eigenvalue weighted by Gasteiger charge is -2.00. The van der Waals surface area contributed by atoms with Gasteiger partial charge in [-0.1, -0.05) is 41.4 Å². The first-order valence-corrected chi connectivity index (χ1v) is 8.90. The molecule has 27 heavy (non-hydrogen) atoms. The average Bonchev–Trinajstić information content (AvgIpc) is 3.25.